The molecular formula is C14H18BrN3O. The zero-order valence-corrected chi connectivity index (χ0v) is 12.6. The summed E-state index contributed by atoms with van der Waals surface area (Å²) in [4.78, 5) is 4.40. The predicted octanol–water partition coefficient (Wildman–Crippen LogP) is 3.09. The minimum Gasteiger partial charge on any atom is -0.339 e. The van der Waals surface area contributed by atoms with Crippen molar-refractivity contribution < 1.29 is 4.52 Å². The van der Waals surface area contributed by atoms with Crippen LogP contribution in [0.5, 0.6) is 0 Å². The average molecular weight is 324 g/mol. The van der Waals surface area contributed by atoms with Gasteiger partial charge >= 0.3 is 0 Å². The molecule has 0 aliphatic carbocycles. The first kappa shape index (κ1) is 14.2. The quantitative estimate of drug-likeness (QED) is 0.887. The Morgan fingerprint density at radius 1 is 1.42 bits per heavy atom. The lowest BCUT2D eigenvalue weighted by atomic mass is 10.1. The van der Waals surface area contributed by atoms with Crippen molar-refractivity contribution in [3.05, 3.63) is 46.0 Å². The van der Waals surface area contributed by atoms with Crippen molar-refractivity contribution in [3.8, 4) is 0 Å². The van der Waals surface area contributed by atoms with E-state index in [1.165, 1.54) is 0 Å². The normalized spacial score (nSPS) is 12.6. The highest BCUT2D eigenvalue weighted by atomic mass is 79.9. The lowest BCUT2D eigenvalue weighted by Gasteiger charge is -2.00. The predicted molar refractivity (Wildman–Crippen MR) is 77.8 cm³/mol. The molecule has 1 unspecified atom stereocenters. The number of nitrogens with two attached hydrogens (primary N) is 1. The summed E-state index contributed by atoms with van der Waals surface area (Å²) in [6.07, 6.45) is 3.45. The van der Waals surface area contributed by atoms with Crippen molar-refractivity contribution in [2.24, 2.45) is 5.73 Å². The number of nitrogens with zero attached hydrogens (tertiary/aromatic N) is 2. The van der Waals surface area contributed by atoms with Gasteiger partial charge in [0.25, 0.3) is 0 Å². The van der Waals surface area contributed by atoms with E-state index in [9.17, 15) is 0 Å². The molecule has 0 amide bonds. The van der Waals surface area contributed by atoms with E-state index in [0.717, 1.165) is 35.1 Å². The first-order valence-electron chi connectivity index (χ1n) is 6.45. The third-order valence-electron chi connectivity index (χ3n) is 2.81. The van der Waals surface area contributed by atoms with Gasteiger partial charge in [-0.15, -0.1) is 0 Å². The number of hydrogen-bond acceptors (Lipinski definition) is 4. The van der Waals surface area contributed by atoms with Crippen molar-refractivity contribution in [2.75, 3.05) is 0 Å². The average Bonchev–Trinajstić information content (AvgIpc) is 2.76. The molecule has 2 rings (SSSR count). The second-order valence-electron chi connectivity index (χ2n) is 4.78. The summed E-state index contributed by atoms with van der Waals surface area (Å²) in [6, 6.07) is 8.34. The van der Waals surface area contributed by atoms with Gasteiger partial charge in [-0.05, 0) is 37.5 Å². The molecule has 1 aromatic carbocycles. The molecular weight excluding hydrogens is 306 g/mol. The molecule has 1 heterocycles. The Hall–Kier alpha value is -1.20. The molecule has 19 heavy (non-hydrogen) atoms. The van der Waals surface area contributed by atoms with Gasteiger partial charge in [0.1, 0.15) is 0 Å². The van der Waals surface area contributed by atoms with Gasteiger partial charge in [0, 0.05) is 23.4 Å². The molecule has 102 valence electrons. The number of hydrogen-bond donors (Lipinski definition) is 1. The van der Waals surface area contributed by atoms with E-state index in [4.69, 9.17) is 10.3 Å². The van der Waals surface area contributed by atoms with Crippen molar-refractivity contribution in [1.82, 2.24) is 10.1 Å². The van der Waals surface area contributed by atoms with Crippen LogP contribution in [0.2, 0.25) is 0 Å². The van der Waals surface area contributed by atoms with Crippen LogP contribution >= 0.6 is 15.9 Å². The monoisotopic (exact) mass is 323 g/mol. The highest BCUT2D eigenvalue weighted by Crippen LogP contribution is 2.14. The highest BCUT2D eigenvalue weighted by Gasteiger charge is 2.07. The molecule has 0 aliphatic heterocycles. The molecule has 0 aliphatic rings. The Bertz CT molecular complexity index is 525. The van der Waals surface area contributed by atoms with Crippen molar-refractivity contribution >= 4 is 15.9 Å². The number of halogens is 1. The summed E-state index contributed by atoms with van der Waals surface area (Å²) in [7, 11) is 0. The van der Waals surface area contributed by atoms with E-state index < -0.39 is 0 Å². The summed E-state index contributed by atoms with van der Waals surface area (Å²) < 4.78 is 6.30. The third-order valence-corrected chi connectivity index (χ3v) is 3.30. The molecule has 4 nitrogen and oxygen atoms in total. The minimum absolute atomic E-state index is 0.226. The standard InChI is InChI=1S/C14H18BrN3O/c1-10(16)4-2-7-14-17-13(18-19-14)9-11-5-3-6-12(15)8-11/h3,5-6,8,10H,2,4,7,9,16H2,1H3. The molecule has 0 radical (unpaired) electrons. The Balaban J connectivity index is 1.90. The number of benzene rings is 1. The summed E-state index contributed by atoms with van der Waals surface area (Å²) in [5, 5.41) is 4.01. The maximum Gasteiger partial charge on any atom is 0.226 e. The van der Waals surface area contributed by atoms with E-state index in [1.54, 1.807) is 0 Å². The maximum atomic E-state index is 5.71. The molecule has 2 N–H and O–H groups in total. The smallest absolute Gasteiger partial charge is 0.226 e. The zero-order chi connectivity index (χ0) is 13.7. The molecule has 1 atom stereocenters. The lowest BCUT2D eigenvalue weighted by molar-refractivity contribution is 0.368. The molecule has 0 saturated carbocycles. The van der Waals surface area contributed by atoms with Crippen LogP contribution in [0.25, 0.3) is 0 Å². The van der Waals surface area contributed by atoms with Gasteiger partial charge in [0.2, 0.25) is 5.89 Å². The van der Waals surface area contributed by atoms with Crippen LogP contribution in [0.15, 0.2) is 33.3 Å². The molecule has 0 bridgehead atoms. The van der Waals surface area contributed by atoms with Crippen molar-refractivity contribution in [2.45, 2.75) is 38.6 Å². The molecule has 0 spiro atoms. The second kappa shape index (κ2) is 6.82. The summed E-state index contributed by atoms with van der Waals surface area (Å²) in [5.41, 5.74) is 6.87. The molecule has 0 saturated heterocycles. The molecule has 0 fully saturated rings. The van der Waals surface area contributed by atoms with Crippen LogP contribution in [0.4, 0.5) is 0 Å². The van der Waals surface area contributed by atoms with Crippen LogP contribution in [-0.2, 0) is 12.8 Å². The van der Waals surface area contributed by atoms with Gasteiger partial charge in [0.05, 0.1) is 0 Å². The highest BCUT2D eigenvalue weighted by molar-refractivity contribution is 9.10. The van der Waals surface area contributed by atoms with Crippen molar-refractivity contribution in [1.29, 1.82) is 0 Å². The fourth-order valence-corrected chi connectivity index (χ4v) is 2.31. The van der Waals surface area contributed by atoms with E-state index in [-0.39, 0.29) is 6.04 Å². The van der Waals surface area contributed by atoms with Gasteiger partial charge < -0.3 is 10.3 Å². The van der Waals surface area contributed by atoms with E-state index >= 15 is 0 Å². The summed E-state index contributed by atoms with van der Waals surface area (Å²) in [5.74, 6) is 1.43. The third kappa shape index (κ3) is 4.76. The topological polar surface area (TPSA) is 64.9 Å². The maximum absolute atomic E-state index is 5.71. The summed E-state index contributed by atoms with van der Waals surface area (Å²) >= 11 is 3.45. The van der Waals surface area contributed by atoms with E-state index in [0.29, 0.717) is 12.3 Å². The number of rotatable bonds is 6. The van der Waals surface area contributed by atoms with Crippen LogP contribution in [0, 0.1) is 0 Å². The Morgan fingerprint density at radius 2 is 2.26 bits per heavy atom. The van der Waals surface area contributed by atoms with Crippen LogP contribution in [0.3, 0.4) is 0 Å². The van der Waals surface area contributed by atoms with Gasteiger partial charge in [-0.3, -0.25) is 0 Å². The Morgan fingerprint density at radius 3 is 3.00 bits per heavy atom. The fourth-order valence-electron chi connectivity index (χ4n) is 1.87. The van der Waals surface area contributed by atoms with Gasteiger partial charge in [0.15, 0.2) is 5.82 Å². The Labute approximate surface area is 121 Å². The number of aromatic nitrogens is 2. The molecule has 5 heteroatoms. The Kier molecular flexibility index (Phi) is 5.10. The molecule has 2 aromatic rings. The largest absolute Gasteiger partial charge is 0.339 e. The van der Waals surface area contributed by atoms with Gasteiger partial charge in [-0.25, -0.2) is 0 Å². The SMILES string of the molecule is CC(N)CCCc1nc(Cc2cccc(Br)c2)no1. The first-order chi connectivity index (χ1) is 9.13. The fraction of sp³-hybridized carbons (Fsp3) is 0.429. The van der Waals surface area contributed by atoms with Gasteiger partial charge in [-0.2, -0.15) is 4.98 Å². The summed E-state index contributed by atoms with van der Waals surface area (Å²) in [6.45, 7) is 2.01. The zero-order valence-electron chi connectivity index (χ0n) is 11.0. The van der Waals surface area contributed by atoms with Crippen LogP contribution < -0.4 is 5.73 Å². The van der Waals surface area contributed by atoms with E-state index in [2.05, 4.69) is 38.2 Å². The first-order valence-corrected chi connectivity index (χ1v) is 7.24. The second-order valence-corrected chi connectivity index (χ2v) is 5.70. The lowest BCUT2D eigenvalue weighted by Crippen LogP contribution is -2.14. The van der Waals surface area contributed by atoms with Crippen LogP contribution in [-0.4, -0.2) is 16.2 Å². The van der Waals surface area contributed by atoms with Gasteiger partial charge in [-0.1, -0.05) is 33.2 Å². The number of aryl methyl sites for hydroxylation is 1. The van der Waals surface area contributed by atoms with Crippen LogP contribution in [0.1, 0.15) is 37.0 Å². The minimum atomic E-state index is 0.226. The van der Waals surface area contributed by atoms with E-state index in [1.807, 2.05) is 19.1 Å². The molecule has 1 aromatic heterocycles. The van der Waals surface area contributed by atoms with Crippen molar-refractivity contribution in [3.63, 3.8) is 0 Å².